The van der Waals surface area contributed by atoms with Crippen LogP contribution in [0.4, 0.5) is 5.82 Å². The Morgan fingerprint density at radius 3 is 2.82 bits per heavy atom. The van der Waals surface area contributed by atoms with Crippen LogP contribution < -0.4 is 10.2 Å². The first kappa shape index (κ1) is 11.9. The number of anilines is 1. The summed E-state index contributed by atoms with van der Waals surface area (Å²) in [4.78, 5) is 17.8. The number of piperazine rings is 1. The molecule has 0 radical (unpaired) electrons. The summed E-state index contributed by atoms with van der Waals surface area (Å²) in [5, 5.41) is 2.82. The van der Waals surface area contributed by atoms with E-state index >= 15 is 0 Å². The molecular formula is C13H19N3O. The van der Waals surface area contributed by atoms with Gasteiger partial charge in [0.05, 0.1) is 6.54 Å². The molecule has 4 nitrogen and oxygen atoms in total. The molecule has 0 spiro atoms. The molecule has 1 amide bonds. The van der Waals surface area contributed by atoms with Crippen LogP contribution in [0.15, 0.2) is 12.3 Å². The summed E-state index contributed by atoms with van der Waals surface area (Å²) in [6, 6.07) is 2.08. The van der Waals surface area contributed by atoms with E-state index in [4.69, 9.17) is 0 Å². The number of amides is 1. The highest BCUT2D eigenvalue weighted by atomic mass is 16.2. The van der Waals surface area contributed by atoms with Crippen molar-refractivity contribution in [2.45, 2.75) is 26.7 Å². The molecule has 2 rings (SSSR count). The fraction of sp³-hybridized carbons (Fsp3) is 0.538. The summed E-state index contributed by atoms with van der Waals surface area (Å²) in [5.41, 5.74) is 2.52. The van der Waals surface area contributed by atoms with E-state index < -0.39 is 0 Å². The van der Waals surface area contributed by atoms with E-state index in [2.05, 4.69) is 37.1 Å². The van der Waals surface area contributed by atoms with Gasteiger partial charge in [0, 0.05) is 19.3 Å². The Bertz CT molecular complexity index is 429. The molecule has 0 unspecified atom stereocenters. The Morgan fingerprint density at radius 1 is 1.47 bits per heavy atom. The van der Waals surface area contributed by atoms with Gasteiger partial charge in [-0.1, -0.05) is 13.8 Å². The maximum atomic E-state index is 11.3. The minimum atomic E-state index is 0.0728. The van der Waals surface area contributed by atoms with E-state index in [9.17, 15) is 4.79 Å². The highest BCUT2D eigenvalue weighted by Crippen LogP contribution is 2.22. The summed E-state index contributed by atoms with van der Waals surface area (Å²) < 4.78 is 0. The molecule has 0 saturated carbocycles. The number of carbonyl (C=O) groups is 1. The molecule has 1 aliphatic rings. The summed E-state index contributed by atoms with van der Waals surface area (Å²) in [6.07, 6.45) is 1.93. The van der Waals surface area contributed by atoms with Gasteiger partial charge in [0.1, 0.15) is 5.82 Å². The molecule has 0 bridgehead atoms. The summed E-state index contributed by atoms with van der Waals surface area (Å²) in [5.74, 6) is 1.46. The van der Waals surface area contributed by atoms with Crippen LogP contribution in [0.2, 0.25) is 0 Å². The van der Waals surface area contributed by atoms with Gasteiger partial charge in [0.2, 0.25) is 5.91 Å². The van der Waals surface area contributed by atoms with Crippen LogP contribution in [-0.4, -0.2) is 30.5 Å². The molecule has 2 heterocycles. The second kappa shape index (κ2) is 4.73. The number of carbonyl (C=O) groups excluding carboxylic acids is 1. The standard InChI is InChI=1S/C13H19N3O/c1-9(2)11-7-15-12(6-10(11)3)16-5-4-14-13(17)8-16/h6-7,9H,4-5,8H2,1-3H3,(H,14,17). The summed E-state index contributed by atoms with van der Waals surface area (Å²) in [6.45, 7) is 8.37. The van der Waals surface area contributed by atoms with Gasteiger partial charge in [-0.2, -0.15) is 0 Å². The Labute approximate surface area is 102 Å². The molecule has 0 aliphatic carbocycles. The average Bonchev–Trinajstić information content (AvgIpc) is 2.28. The van der Waals surface area contributed by atoms with Crippen molar-refractivity contribution in [3.63, 3.8) is 0 Å². The van der Waals surface area contributed by atoms with E-state index in [1.165, 1.54) is 11.1 Å². The molecule has 92 valence electrons. The van der Waals surface area contributed by atoms with Crippen molar-refractivity contribution >= 4 is 11.7 Å². The van der Waals surface area contributed by atoms with Gasteiger partial charge in [0.15, 0.2) is 0 Å². The number of hydrogen-bond acceptors (Lipinski definition) is 3. The first-order valence-corrected chi connectivity index (χ1v) is 6.06. The second-order valence-corrected chi connectivity index (χ2v) is 4.83. The summed E-state index contributed by atoms with van der Waals surface area (Å²) in [7, 11) is 0. The van der Waals surface area contributed by atoms with Gasteiger partial charge < -0.3 is 10.2 Å². The Morgan fingerprint density at radius 2 is 2.24 bits per heavy atom. The van der Waals surface area contributed by atoms with Gasteiger partial charge in [-0.25, -0.2) is 4.98 Å². The van der Waals surface area contributed by atoms with E-state index in [1.54, 1.807) is 0 Å². The number of nitrogens with one attached hydrogen (secondary N) is 1. The molecule has 1 fully saturated rings. The highest BCUT2D eigenvalue weighted by Gasteiger charge is 2.18. The SMILES string of the molecule is Cc1cc(N2CCNC(=O)C2)ncc1C(C)C. The van der Waals surface area contributed by atoms with Crippen LogP contribution in [0.5, 0.6) is 0 Å². The highest BCUT2D eigenvalue weighted by molar-refractivity contribution is 5.82. The van der Waals surface area contributed by atoms with Crippen molar-refractivity contribution in [3.05, 3.63) is 23.4 Å². The zero-order chi connectivity index (χ0) is 12.4. The van der Waals surface area contributed by atoms with Crippen molar-refractivity contribution in [1.82, 2.24) is 10.3 Å². The first-order valence-electron chi connectivity index (χ1n) is 6.06. The average molecular weight is 233 g/mol. The van der Waals surface area contributed by atoms with Gasteiger partial charge in [0.25, 0.3) is 0 Å². The molecule has 1 N–H and O–H groups in total. The Kier molecular flexibility index (Phi) is 3.31. The zero-order valence-corrected chi connectivity index (χ0v) is 10.7. The largest absolute Gasteiger partial charge is 0.353 e. The molecule has 17 heavy (non-hydrogen) atoms. The maximum absolute atomic E-state index is 11.3. The van der Waals surface area contributed by atoms with Gasteiger partial charge in [-0.3, -0.25) is 4.79 Å². The minimum Gasteiger partial charge on any atom is -0.353 e. The van der Waals surface area contributed by atoms with Gasteiger partial charge in [-0.15, -0.1) is 0 Å². The van der Waals surface area contributed by atoms with Gasteiger partial charge in [-0.05, 0) is 30.0 Å². The third-order valence-electron chi connectivity index (χ3n) is 3.12. The topological polar surface area (TPSA) is 45.2 Å². The van der Waals surface area contributed by atoms with E-state index in [1.807, 2.05) is 11.1 Å². The number of nitrogens with zero attached hydrogens (tertiary/aromatic N) is 2. The van der Waals surface area contributed by atoms with E-state index in [0.29, 0.717) is 19.0 Å². The molecule has 1 aromatic rings. The van der Waals surface area contributed by atoms with Crippen molar-refractivity contribution in [1.29, 1.82) is 0 Å². The van der Waals surface area contributed by atoms with Crippen LogP contribution in [0.1, 0.15) is 30.9 Å². The predicted octanol–water partition coefficient (Wildman–Crippen LogP) is 1.45. The molecule has 1 saturated heterocycles. The molecule has 1 aliphatic heterocycles. The smallest absolute Gasteiger partial charge is 0.239 e. The molecule has 0 atom stereocenters. The first-order chi connectivity index (χ1) is 8.08. The number of hydrogen-bond donors (Lipinski definition) is 1. The third kappa shape index (κ3) is 2.57. The van der Waals surface area contributed by atoms with E-state index in [0.717, 1.165) is 12.4 Å². The zero-order valence-electron chi connectivity index (χ0n) is 10.7. The number of pyridine rings is 1. The van der Waals surface area contributed by atoms with Crippen molar-refractivity contribution in [2.24, 2.45) is 0 Å². The fourth-order valence-electron chi connectivity index (χ4n) is 2.16. The molecule has 4 heteroatoms. The van der Waals surface area contributed by atoms with Crippen LogP contribution >= 0.6 is 0 Å². The second-order valence-electron chi connectivity index (χ2n) is 4.83. The van der Waals surface area contributed by atoms with Gasteiger partial charge >= 0.3 is 0 Å². The predicted molar refractivity (Wildman–Crippen MR) is 68.3 cm³/mol. The fourth-order valence-corrected chi connectivity index (χ4v) is 2.16. The van der Waals surface area contributed by atoms with Crippen LogP contribution in [0.25, 0.3) is 0 Å². The quantitative estimate of drug-likeness (QED) is 0.841. The van der Waals surface area contributed by atoms with Crippen LogP contribution in [0, 0.1) is 6.92 Å². The third-order valence-corrected chi connectivity index (χ3v) is 3.12. The number of aryl methyl sites for hydroxylation is 1. The molecule has 1 aromatic heterocycles. The van der Waals surface area contributed by atoms with Crippen molar-refractivity contribution < 1.29 is 4.79 Å². The molecule has 0 aromatic carbocycles. The lowest BCUT2D eigenvalue weighted by molar-refractivity contribution is -0.120. The Balaban J connectivity index is 2.22. The summed E-state index contributed by atoms with van der Waals surface area (Å²) >= 11 is 0. The van der Waals surface area contributed by atoms with Crippen LogP contribution in [0.3, 0.4) is 0 Å². The lowest BCUT2D eigenvalue weighted by atomic mass is 10.0. The lowest BCUT2D eigenvalue weighted by Gasteiger charge is -2.28. The Hall–Kier alpha value is -1.58. The van der Waals surface area contributed by atoms with Crippen molar-refractivity contribution in [3.8, 4) is 0 Å². The number of aromatic nitrogens is 1. The normalized spacial score (nSPS) is 16.2. The van der Waals surface area contributed by atoms with E-state index in [-0.39, 0.29) is 5.91 Å². The lowest BCUT2D eigenvalue weighted by Crippen LogP contribution is -2.48. The minimum absolute atomic E-state index is 0.0728. The number of rotatable bonds is 2. The molecular weight excluding hydrogens is 214 g/mol. The van der Waals surface area contributed by atoms with Crippen LogP contribution in [-0.2, 0) is 4.79 Å². The van der Waals surface area contributed by atoms with Crippen molar-refractivity contribution in [2.75, 3.05) is 24.5 Å². The maximum Gasteiger partial charge on any atom is 0.239 e. The monoisotopic (exact) mass is 233 g/mol.